The fourth-order valence-electron chi connectivity index (χ4n) is 2.05. The van der Waals surface area contributed by atoms with E-state index in [0.717, 1.165) is 6.42 Å². The van der Waals surface area contributed by atoms with Crippen molar-refractivity contribution in [2.24, 2.45) is 5.73 Å². The van der Waals surface area contributed by atoms with E-state index < -0.39 is 0 Å². The molecular weight excluding hydrogens is 216 g/mol. The zero-order valence-electron chi connectivity index (χ0n) is 9.84. The lowest BCUT2D eigenvalue weighted by Gasteiger charge is -2.32. The summed E-state index contributed by atoms with van der Waals surface area (Å²) in [7, 11) is 0. The maximum atomic E-state index is 11.5. The molecule has 4 nitrogen and oxygen atoms in total. The van der Waals surface area contributed by atoms with Crippen LogP contribution in [0.1, 0.15) is 5.56 Å². The average Bonchev–Trinajstić information content (AvgIpc) is 2.35. The van der Waals surface area contributed by atoms with Crippen LogP contribution in [0, 0.1) is 0 Å². The van der Waals surface area contributed by atoms with Crippen LogP contribution in [0.15, 0.2) is 30.3 Å². The van der Waals surface area contributed by atoms with Gasteiger partial charge in [-0.3, -0.25) is 4.79 Å². The van der Waals surface area contributed by atoms with Crippen LogP contribution in [-0.2, 0) is 16.0 Å². The summed E-state index contributed by atoms with van der Waals surface area (Å²) in [6.45, 7) is 1.94. The van der Waals surface area contributed by atoms with E-state index in [1.165, 1.54) is 5.56 Å². The van der Waals surface area contributed by atoms with Crippen LogP contribution in [0.25, 0.3) is 0 Å². The lowest BCUT2D eigenvalue weighted by atomic mass is 10.1. The second-order valence-corrected chi connectivity index (χ2v) is 4.25. The van der Waals surface area contributed by atoms with Gasteiger partial charge in [-0.1, -0.05) is 30.3 Å². The van der Waals surface area contributed by atoms with Crippen molar-refractivity contribution in [1.82, 2.24) is 4.90 Å². The van der Waals surface area contributed by atoms with Crippen LogP contribution in [-0.4, -0.2) is 43.2 Å². The molecule has 1 heterocycles. The highest BCUT2D eigenvalue weighted by Crippen LogP contribution is 2.12. The third-order valence-corrected chi connectivity index (χ3v) is 2.92. The third-order valence-electron chi connectivity index (χ3n) is 2.92. The van der Waals surface area contributed by atoms with Crippen molar-refractivity contribution >= 4 is 5.91 Å². The summed E-state index contributed by atoms with van der Waals surface area (Å²) >= 11 is 0. The van der Waals surface area contributed by atoms with Gasteiger partial charge in [-0.25, -0.2) is 0 Å². The Labute approximate surface area is 101 Å². The van der Waals surface area contributed by atoms with Crippen LogP contribution in [0.2, 0.25) is 0 Å². The Hall–Kier alpha value is -1.39. The summed E-state index contributed by atoms with van der Waals surface area (Å²) in [5.74, 6) is 0.0414. The molecule has 2 rings (SSSR count). The van der Waals surface area contributed by atoms with Crippen LogP contribution < -0.4 is 5.73 Å². The van der Waals surface area contributed by atoms with Gasteiger partial charge in [0.2, 0.25) is 5.91 Å². The van der Waals surface area contributed by atoms with Crippen molar-refractivity contribution in [1.29, 1.82) is 0 Å². The zero-order valence-corrected chi connectivity index (χ0v) is 9.84. The first-order valence-corrected chi connectivity index (χ1v) is 5.93. The highest BCUT2D eigenvalue weighted by molar-refractivity contribution is 5.78. The Morgan fingerprint density at radius 3 is 2.82 bits per heavy atom. The number of rotatable bonds is 4. The van der Waals surface area contributed by atoms with E-state index >= 15 is 0 Å². The number of hydrogen-bond donors (Lipinski definition) is 1. The molecule has 0 radical (unpaired) electrons. The first-order valence-electron chi connectivity index (χ1n) is 5.93. The van der Waals surface area contributed by atoms with E-state index in [-0.39, 0.29) is 18.6 Å². The smallest absolute Gasteiger partial charge is 0.248 e. The molecule has 1 atom stereocenters. The number of benzene rings is 1. The largest absolute Gasteiger partial charge is 0.366 e. The summed E-state index contributed by atoms with van der Waals surface area (Å²) in [6.07, 6.45) is 0.927. The van der Waals surface area contributed by atoms with E-state index in [0.29, 0.717) is 19.6 Å². The second kappa shape index (κ2) is 5.80. The van der Waals surface area contributed by atoms with E-state index in [9.17, 15) is 4.79 Å². The predicted octanol–water partition coefficient (Wildman–Crippen LogP) is 0.415. The molecule has 1 aliphatic heterocycles. The molecule has 0 aromatic heterocycles. The number of nitrogens with two attached hydrogens (primary N) is 1. The number of carbonyl (C=O) groups excluding carboxylic acids is 1. The third kappa shape index (κ3) is 3.28. The Morgan fingerprint density at radius 1 is 1.35 bits per heavy atom. The van der Waals surface area contributed by atoms with Gasteiger partial charge in [-0.2, -0.15) is 0 Å². The molecule has 0 aliphatic carbocycles. The van der Waals surface area contributed by atoms with E-state index in [1.807, 2.05) is 18.2 Å². The van der Waals surface area contributed by atoms with Gasteiger partial charge >= 0.3 is 0 Å². The lowest BCUT2D eigenvalue weighted by Crippen LogP contribution is -2.48. The molecule has 0 bridgehead atoms. The van der Waals surface area contributed by atoms with Crippen molar-refractivity contribution in [3.8, 4) is 0 Å². The zero-order chi connectivity index (χ0) is 12.1. The first kappa shape index (κ1) is 12.1. The van der Waals surface area contributed by atoms with Crippen LogP contribution in [0.4, 0.5) is 0 Å². The number of morpholine rings is 1. The summed E-state index contributed by atoms with van der Waals surface area (Å²) in [5.41, 5.74) is 6.72. The molecule has 2 N–H and O–H groups in total. The molecule has 4 heteroatoms. The van der Waals surface area contributed by atoms with Crippen molar-refractivity contribution in [3.63, 3.8) is 0 Å². The number of carbonyl (C=O) groups is 1. The monoisotopic (exact) mass is 234 g/mol. The van der Waals surface area contributed by atoms with E-state index in [2.05, 4.69) is 12.1 Å². The van der Waals surface area contributed by atoms with Crippen LogP contribution in [0.3, 0.4) is 0 Å². The molecule has 1 fully saturated rings. The van der Waals surface area contributed by atoms with Gasteiger partial charge in [-0.05, 0) is 5.56 Å². The molecule has 0 spiro atoms. The summed E-state index contributed by atoms with van der Waals surface area (Å²) < 4.78 is 5.54. The van der Waals surface area contributed by atoms with E-state index in [1.54, 1.807) is 4.90 Å². The van der Waals surface area contributed by atoms with Gasteiger partial charge in [0.1, 0.15) is 6.61 Å². The van der Waals surface area contributed by atoms with Crippen molar-refractivity contribution < 1.29 is 9.53 Å². The molecule has 1 aliphatic rings. The Balaban J connectivity index is 1.92. The van der Waals surface area contributed by atoms with E-state index in [4.69, 9.17) is 10.5 Å². The lowest BCUT2D eigenvalue weighted by molar-refractivity contribution is -0.148. The van der Waals surface area contributed by atoms with Gasteiger partial charge in [-0.15, -0.1) is 0 Å². The topological polar surface area (TPSA) is 55.6 Å². The molecular formula is C13H18N2O2. The van der Waals surface area contributed by atoms with Gasteiger partial charge in [0.05, 0.1) is 6.10 Å². The SMILES string of the molecule is NCCN1CC(Cc2ccccc2)OCC1=O. The van der Waals surface area contributed by atoms with Gasteiger partial charge in [0.15, 0.2) is 0 Å². The molecule has 1 amide bonds. The van der Waals surface area contributed by atoms with Gasteiger partial charge in [0.25, 0.3) is 0 Å². The maximum absolute atomic E-state index is 11.5. The number of hydrogen-bond acceptors (Lipinski definition) is 3. The molecule has 0 saturated carbocycles. The highest BCUT2D eigenvalue weighted by Gasteiger charge is 2.25. The van der Waals surface area contributed by atoms with Gasteiger partial charge < -0.3 is 15.4 Å². The summed E-state index contributed by atoms with van der Waals surface area (Å²) in [6, 6.07) is 10.2. The number of amides is 1. The number of nitrogens with zero attached hydrogens (tertiary/aromatic N) is 1. The molecule has 17 heavy (non-hydrogen) atoms. The minimum atomic E-state index is 0.0414. The fraction of sp³-hybridized carbons (Fsp3) is 0.462. The molecule has 1 saturated heterocycles. The van der Waals surface area contributed by atoms with Crippen LogP contribution >= 0.6 is 0 Å². The van der Waals surface area contributed by atoms with Crippen molar-refractivity contribution in [2.75, 3.05) is 26.2 Å². The van der Waals surface area contributed by atoms with Gasteiger partial charge in [0, 0.05) is 26.1 Å². The fourth-order valence-corrected chi connectivity index (χ4v) is 2.05. The molecule has 1 aromatic carbocycles. The Kier molecular flexibility index (Phi) is 4.12. The minimum absolute atomic E-state index is 0.0414. The Bertz CT molecular complexity index is 367. The van der Waals surface area contributed by atoms with Crippen molar-refractivity contribution in [3.05, 3.63) is 35.9 Å². The molecule has 1 unspecified atom stereocenters. The number of ether oxygens (including phenoxy) is 1. The molecule has 1 aromatic rings. The quantitative estimate of drug-likeness (QED) is 0.821. The predicted molar refractivity (Wildman–Crippen MR) is 65.5 cm³/mol. The second-order valence-electron chi connectivity index (χ2n) is 4.25. The normalized spacial score (nSPS) is 20.6. The highest BCUT2D eigenvalue weighted by atomic mass is 16.5. The first-order chi connectivity index (χ1) is 8.29. The summed E-state index contributed by atoms with van der Waals surface area (Å²) in [4.78, 5) is 13.3. The minimum Gasteiger partial charge on any atom is -0.366 e. The standard InChI is InChI=1S/C13H18N2O2/c14-6-7-15-9-12(17-10-13(15)16)8-11-4-2-1-3-5-11/h1-5,12H,6-10,14H2. The maximum Gasteiger partial charge on any atom is 0.248 e. The van der Waals surface area contributed by atoms with Crippen molar-refractivity contribution in [2.45, 2.75) is 12.5 Å². The average molecular weight is 234 g/mol. The van der Waals surface area contributed by atoms with Crippen LogP contribution in [0.5, 0.6) is 0 Å². The summed E-state index contributed by atoms with van der Waals surface area (Å²) in [5, 5.41) is 0. The molecule has 92 valence electrons. The Morgan fingerprint density at radius 2 is 2.12 bits per heavy atom.